The number of carbonyl (C=O) groups is 1. The van der Waals surface area contributed by atoms with E-state index in [0.29, 0.717) is 0 Å². The quantitative estimate of drug-likeness (QED) is 0.769. The zero-order valence-corrected chi connectivity index (χ0v) is 9.70. The van der Waals surface area contributed by atoms with Crippen molar-refractivity contribution in [2.24, 2.45) is 7.05 Å². The molecule has 82 valence electrons. The largest absolute Gasteiger partial charge is 0.283 e. The first-order chi connectivity index (χ1) is 7.61. The molecule has 16 heavy (non-hydrogen) atoms. The first-order valence-corrected chi connectivity index (χ1v) is 5.05. The van der Waals surface area contributed by atoms with Crippen LogP contribution in [0.1, 0.15) is 16.3 Å². The lowest BCUT2D eigenvalue weighted by atomic mass is 10.2. The number of halogens is 2. The van der Waals surface area contributed by atoms with Crippen molar-refractivity contribution >= 4 is 29.0 Å². The van der Waals surface area contributed by atoms with Crippen molar-refractivity contribution < 1.29 is 4.79 Å². The lowest BCUT2D eigenvalue weighted by Gasteiger charge is -2.02. The lowest BCUT2D eigenvalue weighted by molar-refractivity contribution is 0.102. The number of nitrogens with zero attached hydrogens (tertiary/aromatic N) is 4. The van der Waals surface area contributed by atoms with Crippen LogP contribution in [0.25, 0.3) is 0 Å². The molecule has 0 amide bonds. The number of pyridine rings is 1. The highest BCUT2D eigenvalue weighted by molar-refractivity contribution is 6.44. The Labute approximate surface area is 101 Å². The molecule has 7 heteroatoms. The van der Waals surface area contributed by atoms with E-state index in [1.807, 2.05) is 0 Å². The molecule has 2 rings (SSSR count). The van der Waals surface area contributed by atoms with Gasteiger partial charge in [0.25, 0.3) is 0 Å². The smallest absolute Gasteiger partial charge is 0.249 e. The van der Waals surface area contributed by atoms with Crippen LogP contribution in [0, 0.1) is 0 Å². The molecule has 0 N–H and O–H groups in total. The summed E-state index contributed by atoms with van der Waals surface area (Å²) in [6.07, 6.45) is 2.70. The van der Waals surface area contributed by atoms with Crippen LogP contribution in [0.15, 0.2) is 18.6 Å². The molecule has 0 fully saturated rings. The summed E-state index contributed by atoms with van der Waals surface area (Å²) in [6, 6.07) is 1.51. The average Bonchev–Trinajstić information content (AvgIpc) is 2.68. The van der Waals surface area contributed by atoms with Gasteiger partial charge in [0.1, 0.15) is 12.0 Å². The Morgan fingerprint density at radius 3 is 2.75 bits per heavy atom. The number of hydrogen-bond donors (Lipinski definition) is 0. The van der Waals surface area contributed by atoms with Gasteiger partial charge in [-0.3, -0.25) is 9.78 Å². The van der Waals surface area contributed by atoms with Gasteiger partial charge in [0.05, 0.1) is 10.0 Å². The van der Waals surface area contributed by atoms with Crippen molar-refractivity contribution in [2.45, 2.75) is 0 Å². The number of hydrogen-bond acceptors (Lipinski definition) is 4. The second-order valence-electron chi connectivity index (χ2n) is 2.99. The summed E-state index contributed by atoms with van der Waals surface area (Å²) in [4.78, 5) is 19.7. The molecule has 0 atom stereocenters. The van der Waals surface area contributed by atoms with Gasteiger partial charge < -0.3 is 0 Å². The van der Waals surface area contributed by atoms with E-state index >= 15 is 0 Å². The van der Waals surface area contributed by atoms with Crippen molar-refractivity contribution in [3.8, 4) is 0 Å². The summed E-state index contributed by atoms with van der Waals surface area (Å²) in [5.74, 6) is -0.246. The molecule has 0 saturated heterocycles. The van der Waals surface area contributed by atoms with Gasteiger partial charge in [0, 0.05) is 13.2 Å². The minimum Gasteiger partial charge on any atom is -0.283 e. The number of rotatable bonds is 2. The van der Waals surface area contributed by atoms with Crippen LogP contribution in [-0.4, -0.2) is 25.5 Å². The molecule has 2 aromatic rings. The fourth-order valence-electron chi connectivity index (χ4n) is 1.19. The van der Waals surface area contributed by atoms with Crippen LogP contribution in [0.3, 0.4) is 0 Å². The monoisotopic (exact) mass is 256 g/mol. The molecule has 0 aliphatic carbocycles. The fourth-order valence-corrected chi connectivity index (χ4v) is 1.53. The van der Waals surface area contributed by atoms with Gasteiger partial charge in [0.15, 0.2) is 0 Å². The van der Waals surface area contributed by atoms with Gasteiger partial charge in [-0.15, -0.1) is 0 Å². The highest BCUT2D eigenvalue weighted by Gasteiger charge is 2.20. The SMILES string of the molecule is Cn1ncnc1C(=O)c1nccc(Cl)c1Cl. The average molecular weight is 257 g/mol. The van der Waals surface area contributed by atoms with E-state index in [0.717, 1.165) is 0 Å². The Balaban J connectivity index is 2.50. The Kier molecular flexibility index (Phi) is 2.89. The third-order valence-electron chi connectivity index (χ3n) is 1.97. The standard InChI is InChI=1S/C9H6Cl2N4O/c1-15-9(13-4-14-15)8(16)7-6(11)5(10)2-3-12-7/h2-4H,1H3. The van der Waals surface area contributed by atoms with Crippen molar-refractivity contribution in [2.75, 3.05) is 0 Å². The van der Waals surface area contributed by atoms with Crippen molar-refractivity contribution in [1.29, 1.82) is 0 Å². The Morgan fingerprint density at radius 2 is 2.12 bits per heavy atom. The van der Waals surface area contributed by atoms with Crippen LogP contribution in [0.2, 0.25) is 10.0 Å². The zero-order valence-electron chi connectivity index (χ0n) is 8.19. The summed E-state index contributed by atoms with van der Waals surface area (Å²) in [6.45, 7) is 0. The summed E-state index contributed by atoms with van der Waals surface area (Å²) in [5, 5.41) is 4.20. The Morgan fingerprint density at radius 1 is 1.38 bits per heavy atom. The lowest BCUT2D eigenvalue weighted by Crippen LogP contribution is -2.12. The van der Waals surface area contributed by atoms with Crippen molar-refractivity contribution in [1.82, 2.24) is 19.7 Å². The predicted octanol–water partition coefficient (Wildman–Crippen LogP) is 1.75. The molecular formula is C9H6Cl2N4O. The molecule has 0 saturated carbocycles. The minimum absolute atomic E-state index is 0.0743. The molecule has 0 aliphatic rings. The summed E-state index contributed by atoms with van der Waals surface area (Å²) < 4.78 is 1.35. The molecule has 2 heterocycles. The van der Waals surface area contributed by atoms with Crippen molar-refractivity contribution in [3.63, 3.8) is 0 Å². The van der Waals surface area contributed by atoms with E-state index in [-0.39, 0.29) is 21.6 Å². The molecular weight excluding hydrogens is 251 g/mol. The zero-order chi connectivity index (χ0) is 11.7. The number of ketones is 1. The maximum Gasteiger partial charge on any atom is 0.249 e. The van der Waals surface area contributed by atoms with E-state index in [9.17, 15) is 4.79 Å². The van der Waals surface area contributed by atoms with Crippen LogP contribution in [0.5, 0.6) is 0 Å². The number of carbonyl (C=O) groups excluding carboxylic acids is 1. The maximum atomic E-state index is 12.0. The summed E-state index contributed by atoms with van der Waals surface area (Å²) in [7, 11) is 1.61. The first kappa shape index (κ1) is 11.0. The number of aryl methyl sites for hydroxylation is 1. The molecule has 0 spiro atoms. The molecule has 0 unspecified atom stereocenters. The van der Waals surface area contributed by atoms with Gasteiger partial charge in [-0.25, -0.2) is 9.67 Å². The predicted molar refractivity (Wildman–Crippen MR) is 58.7 cm³/mol. The highest BCUT2D eigenvalue weighted by Crippen LogP contribution is 2.24. The van der Waals surface area contributed by atoms with E-state index in [4.69, 9.17) is 23.2 Å². The molecule has 5 nitrogen and oxygen atoms in total. The molecule has 2 aromatic heterocycles. The van der Waals surface area contributed by atoms with E-state index in [1.54, 1.807) is 7.05 Å². The van der Waals surface area contributed by atoms with Crippen LogP contribution in [0.4, 0.5) is 0 Å². The van der Waals surface area contributed by atoms with Crippen molar-refractivity contribution in [3.05, 3.63) is 40.2 Å². The molecule has 0 aromatic carbocycles. The molecule has 0 bridgehead atoms. The Bertz CT molecular complexity index is 552. The van der Waals surface area contributed by atoms with Gasteiger partial charge in [-0.1, -0.05) is 23.2 Å². The van der Waals surface area contributed by atoms with E-state index in [1.165, 1.54) is 23.3 Å². The third kappa shape index (κ3) is 1.79. The summed E-state index contributed by atoms with van der Waals surface area (Å²) in [5.41, 5.74) is 0.0743. The normalized spacial score (nSPS) is 10.4. The Hall–Kier alpha value is -1.46. The van der Waals surface area contributed by atoms with Crippen LogP contribution in [-0.2, 0) is 7.05 Å². The molecule has 0 radical (unpaired) electrons. The fraction of sp³-hybridized carbons (Fsp3) is 0.111. The second kappa shape index (κ2) is 4.19. The van der Waals surface area contributed by atoms with Gasteiger partial charge in [-0.2, -0.15) is 5.10 Å². The van der Waals surface area contributed by atoms with Gasteiger partial charge in [0.2, 0.25) is 11.6 Å². The van der Waals surface area contributed by atoms with Crippen LogP contribution < -0.4 is 0 Å². The minimum atomic E-state index is -0.410. The van der Waals surface area contributed by atoms with Gasteiger partial charge in [-0.05, 0) is 6.07 Å². The molecule has 0 aliphatic heterocycles. The van der Waals surface area contributed by atoms with E-state index < -0.39 is 5.78 Å². The second-order valence-corrected chi connectivity index (χ2v) is 3.78. The van der Waals surface area contributed by atoms with Crippen LogP contribution >= 0.6 is 23.2 Å². The number of aromatic nitrogens is 4. The topological polar surface area (TPSA) is 60.7 Å². The highest BCUT2D eigenvalue weighted by atomic mass is 35.5. The van der Waals surface area contributed by atoms with Gasteiger partial charge >= 0.3 is 0 Å². The first-order valence-electron chi connectivity index (χ1n) is 4.30. The van der Waals surface area contributed by atoms with E-state index in [2.05, 4.69) is 15.1 Å². The third-order valence-corrected chi connectivity index (χ3v) is 2.77. The summed E-state index contributed by atoms with van der Waals surface area (Å²) >= 11 is 11.7. The maximum absolute atomic E-state index is 12.0.